The van der Waals surface area contributed by atoms with Crippen LogP contribution in [0, 0.1) is 0 Å². The lowest BCUT2D eigenvalue weighted by Gasteiger charge is -2.21. The molecule has 0 bridgehead atoms. The Kier molecular flexibility index (Phi) is 6.17. The molecule has 152 valence electrons. The molecule has 1 aromatic rings. The summed E-state index contributed by atoms with van der Waals surface area (Å²) in [6.45, 7) is 6.72. The van der Waals surface area contributed by atoms with Crippen molar-refractivity contribution in [1.82, 2.24) is 4.90 Å². The molecule has 2 aliphatic heterocycles. The maximum absolute atomic E-state index is 12.5. The monoisotopic (exact) mass is 406 g/mol. The molecule has 0 spiro atoms. The van der Waals surface area contributed by atoms with E-state index in [1.807, 2.05) is 6.07 Å². The highest BCUT2D eigenvalue weighted by molar-refractivity contribution is 8.18. The zero-order chi connectivity index (χ0) is 20.3. The molecule has 3 rings (SSSR count). The van der Waals surface area contributed by atoms with Gasteiger partial charge in [-0.1, -0.05) is 12.8 Å². The van der Waals surface area contributed by atoms with Crippen molar-refractivity contribution in [1.29, 1.82) is 0 Å². The minimum Gasteiger partial charge on any atom is -0.459 e. The van der Waals surface area contributed by atoms with E-state index >= 15 is 0 Å². The Labute approximate surface area is 169 Å². The Morgan fingerprint density at radius 3 is 2.50 bits per heavy atom. The summed E-state index contributed by atoms with van der Waals surface area (Å²) in [4.78, 5) is 40.0. The second-order valence-corrected chi connectivity index (χ2v) is 8.92. The highest BCUT2D eigenvalue weighted by Crippen LogP contribution is 2.33. The van der Waals surface area contributed by atoms with Gasteiger partial charge in [0, 0.05) is 25.2 Å². The lowest BCUT2D eigenvalue weighted by Crippen LogP contribution is -2.37. The van der Waals surface area contributed by atoms with E-state index in [4.69, 9.17) is 9.15 Å². The standard InChI is InChI=1S/C20H26N2O5S/c1-20(2,3)27-17(23)13-22-18(24)15(28-19(22)25)12-14-8-9-16(26-14)21-10-6-4-5-7-11-21/h8-9,12H,4-7,10-11,13H2,1-3H3/b15-12+. The molecule has 28 heavy (non-hydrogen) atoms. The summed E-state index contributed by atoms with van der Waals surface area (Å²) in [6, 6.07) is 3.68. The van der Waals surface area contributed by atoms with Gasteiger partial charge in [-0.05, 0) is 51.4 Å². The summed E-state index contributed by atoms with van der Waals surface area (Å²) in [5, 5.41) is -0.485. The summed E-state index contributed by atoms with van der Waals surface area (Å²) in [5.74, 6) is 0.175. The summed E-state index contributed by atoms with van der Waals surface area (Å²) in [6.07, 6.45) is 6.30. The van der Waals surface area contributed by atoms with Crippen molar-refractivity contribution in [3.63, 3.8) is 0 Å². The van der Waals surface area contributed by atoms with Crippen LogP contribution in [0.1, 0.15) is 52.2 Å². The van der Waals surface area contributed by atoms with Crippen LogP contribution in [-0.2, 0) is 14.3 Å². The lowest BCUT2D eigenvalue weighted by molar-refractivity contribution is -0.156. The van der Waals surface area contributed by atoms with Crippen molar-refractivity contribution in [2.45, 2.75) is 52.1 Å². The van der Waals surface area contributed by atoms with Gasteiger partial charge >= 0.3 is 5.97 Å². The van der Waals surface area contributed by atoms with Crippen LogP contribution in [0.4, 0.5) is 10.7 Å². The largest absolute Gasteiger partial charge is 0.459 e. The van der Waals surface area contributed by atoms with Crippen molar-refractivity contribution in [3.8, 4) is 0 Å². The molecule has 0 aromatic carbocycles. The zero-order valence-electron chi connectivity index (χ0n) is 16.5. The molecule has 2 fully saturated rings. The molecule has 0 radical (unpaired) electrons. The predicted octanol–water partition coefficient (Wildman–Crippen LogP) is 4.04. The minimum atomic E-state index is -0.674. The van der Waals surface area contributed by atoms with E-state index in [0.717, 1.165) is 48.5 Å². The smallest absolute Gasteiger partial charge is 0.326 e. The molecule has 0 aliphatic carbocycles. The number of nitrogens with zero attached hydrogens (tertiary/aromatic N) is 2. The third-order valence-corrected chi connectivity index (χ3v) is 5.29. The second-order valence-electron chi connectivity index (χ2n) is 7.93. The highest BCUT2D eigenvalue weighted by atomic mass is 32.2. The number of anilines is 1. The van der Waals surface area contributed by atoms with Gasteiger partial charge in [0.15, 0.2) is 5.88 Å². The fraction of sp³-hybridized carbons (Fsp3) is 0.550. The molecule has 2 aliphatic rings. The van der Waals surface area contributed by atoms with E-state index < -0.39 is 29.3 Å². The molecule has 3 heterocycles. The van der Waals surface area contributed by atoms with Gasteiger partial charge in [-0.25, -0.2) is 0 Å². The number of carbonyl (C=O) groups is 3. The number of esters is 1. The van der Waals surface area contributed by atoms with Crippen molar-refractivity contribution >= 4 is 40.8 Å². The van der Waals surface area contributed by atoms with Crippen LogP contribution in [0.25, 0.3) is 6.08 Å². The van der Waals surface area contributed by atoms with Crippen molar-refractivity contribution in [2.24, 2.45) is 0 Å². The topological polar surface area (TPSA) is 80.1 Å². The quantitative estimate of drug-likeness (QED) is 0.551. The molecule has 1 aromatic heterocycles. The van der Waals surface area contributed by atoms with Crippen LogP contribution in [-0.4, -0.2) is 47.3 Å². The Morgan fingerprint density at radius 1 is 1.18 bits per heavy atom. The molecular formula is C20H26N2O5S. The molecular weight excluding hydrogens is 380 g/mol. The van der Waals surface area contributed by atoms with Crippen molar-refractivity contribution < 1.29 is 23.5 Å². The first-order valence-electron chi connectivity index (χ1n) is 9.55. The van der Waals surface area contributed by atoms with E-state index in [1.54, 1.807) is 32.9 Å². The molecule has 2 amide bonds. The van der Waals surface area contributed by atoms with Gasteiger partial charge in [0.1, 0.15) is 17.9 Å². The third-order valence-electron chi connectivity index (χ3n) is 4.38. The minimum absolute atomic E-state index is 0.241. The SMILES string of the molecule is CC(C)(C)OC(=O)CN1C(=O)S/C(=C/c2ccc(N3CCCCCC3)o2)C1=O. The number of ether oxygens (including phenoxy) is 1. The van der Waals surface area contributed by atoms with Crippen LogP contribution in [0.2, 0.25) is 0 Å². The first-order valence-corrected chi connectivity index (χ1v) is 10.4. The predicted molar refractivity (Wildman–Crippen MR) is 108 cm³/mol. The van der Waals surface area contributed by atoms with Gasteiger partial charge in [-0.15, -0.1) is 0 Å². The van der Waals surface area contributed by atoms with Crippen molar-refractivity contribution in [3.05, 3.63) is 22.8 Å². The number of carbonyl (C=O) groups excluding carboxylic acids is 3. The maximum atomic E-state index is 12.5. The van der Waals surface area contributed by atoms with Crippen LogP contribution < -0.4 is 4.90 Å². The average Bonchev–Trinajstić information content (AvgIpc) is 3.02. The van der Waals surface area contributed by atoms with E-state index in [-0.39, 0.29) is 4.91 Å². The first-order chi connectivity index (χ1) is 13.2. The van der Waals surface area contributed by atoms with E-state index in [1.165, 1.54) is 12.8 Å². The van der Waals surface area contributed by atoms with Gasteiger partial charge < -0.3 is 14.1 Å². The molecule has 0 saturated carbocycles. The summed E-state index contributed by atoms with van der Waals surface area (Å²) < 4.78 is 11.1. The van der Waals surface area contributed by atoms with Crippen LogP contribution in [0.15, 0.2) is 21.5 Å². The van der Waals surface area contributed by atoms with E-state index in [9.17, 15) is 14.4 Å². The third kappa shape index (κ3) is 5.19. The van der Waals surface area contributed by atoms with E-state index in [2.05, 4.69) is 4.90 Å². The summed E-state index contributed by atoms with van der Waals surface area (Å²) in [5.41, 5.74) is -0.674. The summed E-state index contributed by atoms with van der Waals surface area (Å²) in [7, 11) is 0. The molecule has 0 unspecified atom stereocenters. The summed E-state index contributed by atoms with van der Waals surface area (Å²) >= 11 is 0.802. The van der Waals surface area contributed by atoms with Crippen LogP contribution >= 0.6 is 11.8 Å². The highest BCUT2D eigenvalue weighted by Gasteiger charge is 2.37. The molecule has 8 heteroatoms. The average molecular weight is 407 g/mol. The Balaban J connectivity index is 1.67. The van der Waals surface area contributed by atoms with Crippen molar-refractivity contribution in [2.75, 3.05) is 24.5 Å². The number of thioether (sulfide) groups is 1. The fourth-order valence-electron chi connectivity index (χ4n) is 3.15. The van der Waals surface area contributed by atoms with Crippen LogP contribution in [0.3, 0.4) is 0 Å². The second kappa shape index (κ2) is 8.43. The number of imide groups is 1. The van der Waals surface area contributed by atoms with Gasteiger partial charge in [0.05, 0.1) is 4.91 Å². The number of hydrogen-bond acceptors (Lipinski definition) is 7. The fourth-order valence-corrected chi connectivity index (χ4v) is 3.97. The van der Waals surface area contributed by atoms with Gasteiger partial charge in [-0.3, -0.25) is 19.3 Å². The van der Waals surface area contributed by atoms with Gasteiger partial charge in [0.25, 0.3) is 11.1 Å². The van der Waals surface area contributed by atoms with Gasteiger partial charge in [0.2, 0.25) is 0 Å². The molecule has 0 atom stereocenters. The Bertz CT molecular complexity index is 785. The molecule has 2 saturated heterocycles. The normalized spacial score (nSPS) is 20.0. The lowest BCUT2D eigenvalue weighted by atomic mass is 10.2. The molecule has 7 nitrogen and oxygen atoms in total. The first kappa shape index (κ1) is 20.5. The number of furan rings is 1. The number of rotatable bonds is 4. The van der Waals surface area contributed by atoms with Crippen LogP contribution in [0.5, 0.6) is 0 Å². The zero-order valence-corrected chi connectivity index (χ0v) is 17.3. The number of amides is 2. The molecule has 0 N–H and O–H groups in total. The van der Waals surface area contributed by atoms with Gasteiger partial charge in [-0.2, -0.15) is 0 Å². The van der Waals surface area contributed by atoms with E-state index in [0.29, 0.717) is 5.76 Å². The maximum Gasteiger partial charge on any atom is 0.326 e. The Hall–Kier alpha value is -2.22. The number of hydrogen-bond donors (Lipinski definition) is 0. The Morgan fingerprint density at radius 2 is 1.86 bits per heavy atom.